The number of ether oxygens (including phenoxy) is 2. The highest BCUT2D eigenvalue weighted by Crippen LogP contribution is 2.70. The molecular formula is C24H33N3O3. The van der Waals surface area contributed by atoms with Crippen molar-refractivity contribution in [3.63, 3.8) is 0 Å². The number of piperazine rings is 1. The summed E-state index contributed by atoms with van der Waals surface area (Å²) in [7, 11) is 0. The van der Waals surface area contributed by atoms with E-state index < -0.39 is 0 Å². The van der Waals surface area contributed by atoms with Crippen molar-refractivity contribution in [2.45, 2.75) is 57.3 Å². The fourth-order valence-electron chi connectivity index (χ4n) is 7.42. The summed E-state index contributed by atoms with van der Waals surface area (Å²) in [6.07, 6.45) is 6.81. The highest BCUT2D eigenvalue weighted by Gasteiger charge is 2.78. The van der Waals surface area contributed by atoms with Crippen LogP contribution in [0.25, 0.3) is 0 Å². The van der Waals surface area contributed by atoms with E-state index in [1.165, 1.54) is 19.3 Å². The molecule has 162 valence electrons. The van der Waals surface area contributed by atoms with Gasteiger partial charge in [-0.05, 0) is 37.3 Å². The van der Waals surface area contributed by atoms with Crippen molar-refractivity contribution in [2.24, 2.45) is 23.2 Å². The number of rotatable bonds is 3. The molecule has 7 unspecified atom stereocenters. The molecule has 4 heterocycles. The molecule has 5 fully saturated rings. The highest BCUT2D eigenvalue weighted by molar-refractivity contribution is 5.76. The van der Waals surface area contributed by atoms with E-state index in [1.807, 2.05) is 18.3 Å². The van der Waals surface area contributed by atoms with Gasteiger partial charge in [0.05, 0.1) is 12.0 Å². The second-order valence-electron chi connectivity index (χ2n) is 10.5. The highest BCUT2D eigenvalue weighted by atomic mass is 16.6. The number of aromatic nitrogens is 1. The van der Waals surface area contributed by atoms with Crippen molar-refractivity contribution in [3.8, 4) is 0 Å². The number of esters is 1. The number of epoxide rings is 1. The molecule has 3 aliphatic heterocycles. The van der Waals surface area contributed by atoms with Gasteiger partial charge >= 0.3 is 5.97 Å². The first-order chi connectivity index (χ1) is 14.5. The molecule has 1 aromatic heterocycles. The largest absolute Gasteiger partial charge is 0.462 e. The van der Waals surface area contributed by atoms with Crippen LogP contribution in [0, 0.1) is 23.2 Å². The minimum atomic E-state index is -0.0422. The summed E-state index contributed by atoms with van der Waals surface area (Å²) < 4.78 is 12.6. The molecule has 6 nitrogen and oxygen atoms in total. The summed E-state index contributed by atoms with van der Waals surface area (Å²) in [5.74, 6) is 1.83. The van der Waals surface area contributed by atoms with E-state index in [-0.39, 0.29) is 41.0 Å². The van der Waals surface area contributed by atoms with Crippen molar-refractivity contribution in [1.82, 2.24) is 9.88 Å². The van der Waals surface area contributed by atoms with Crippen LogP contribution in [-0.2, 0) is 14.3 Å². The standard InChI is InChI=1S/C24H33N3O3/c1-16-6-5-8-23(2)14-18-20(21-24(16,23)30-21)17(22(28)29-18)15-26-10-12-27(13-11-26)19-7-3-4-9-25-19/h3-4,7,9,16-18,20-21H,5-6,8,10-15H2,1-2H3. The molecule has 0 N–H and O–H groups in total. The Balaban J connectivity index is 1.15. The van der Waals surface area contributed by atoms with Gasteiger partial charge in [-0.1, -0.05) is 26.3 Å². The number of pyridine rings is 1. The molecule has 0 amide bonds. The Morgan fingerprint density at radius 2 is 2.07 bits per heavy atom. The van der Waals surface area contributed by atoms with Gasteiger partial charge in [0.1, 0.15) is 17.5 Å². The maximum absolute atomic E-state index is 12.9. The number of nitrogens with zero attached hydrogens (tertiary/aromatic N) is 3. The molecule has 5 aliphatic rings. The summed E-state index contributed by atoms with van der Waals surface area (Å²) in [5, 5.41) is 0. The molecule has 1 aromatic rings. The molecule has 1 spiro atoms. The Kier molecular flexibility index (Phi) is 4.24. The van der Waals surface area contributed by atoms with Gasteiger partial charge in [-0.2, -0.15) is 0 Å². The van der Waals surface area contributed by atoms with Crippen LogP contribution in [0.5, 0.6) is 0 Å². The molecule has 2 aliphatic carbocycles. The minimum absolute atomic E-state index is 0.00365. The van der Waals surface area contributed by atoms with Gasteiger partial charge in [0.2, 0.25) is 0 Å². The minimum Gasteiger partial charge on any atom is -0.462 e. The predicted octanol–water partition coefficient (Wildman–Crippen LogP) is 2.73. The number of anilines is 1. The summed E-state index contributed by atoms with van der Waals surface area (Å²) in [4.78, 5) is 22.2. The van der Waals surface area contributed by atoms with E-state index in [1.54, 1.807) is 0 Å². The van der Waals surface area contributed by atoms with Crippen LogP contribution < -0.4 is 4.90 Å². The van der Waals surface area contributed by atoms with Crippen molar-refractivity contribution in [3.05, 3.63) is 24.4 Å². The van der Waals surface area contributed by atoms with Crippen LogP contribution in [-0.4, -0.2) is 66.4 Å². The molecule has 3 saturated heterocycles. The first-order valence-corrected chi connectivity index (χ1v) is 11.8. The number of hydrogen-bond acceptors (Lipinski definition) is 6. The van der Waals surface area contributed by atoms with E-state index in [9.17, 15) is 4.79 Å². The summed E-state index contributed by atoms with van der Waals surface area (Å²) >= 11 is 0. The number of carbonyl (C=O) groups is 1. The van der Waals surface area contributed by atoms with E-state index in [0.29, 0.717) is 5.92 Å². The van der Waals surface area contributed by atoms with Crippen LogP contribution in [0.15, 0.2) is 24.4 Å². The van der Waals surface area contributed by atoms with Gasteiger partial charge < -0.3 is 14.4 Å². The molecule has 0 aromatic carbocycles. The molecule has 0 bridgehead atoms. The maximum Gasteiger partial charge on any atom is 0.311 e. The van der Waals surface area contributed by atoms with Crippen LogP contribution in [0.3, 0.4) is 0 Å². The Morgan fingerprint density at radius 3 is 2.83 bits per heavy atom. The Hall–Kier alpha value is -1.66. The van der Waals surface area contributed by atoms with Gasteiger partial charge in [-0.3, -0.25) is 9.69 Å². The third-order valence-electron chi connectivity index (χ3n) is 8.99. The zero-order valence-corrected chi connectivity index (χ0v) is 18.1. The van der Waals surface area contributed by atoms with Gasteiger partial charge in [-0.15, -0.1) is 0 Å². The summed E-state index contributed by atoms with van der Waals surface area (Å²) in [5.41, 5.74) is 0.163. The second-order valence-corrected chi connectivity index (χ2v) is 10.5. The van der Waals surface area contributed by atoms with Gasteiger partial charge in [0, 0.05) is 50.3 Å². The van der Waals surface area contributed by atoms with Crippen LogP contribution in [0.4, 0.5) is 5.82 Å². The average molecular weight is 412 g/mol. The van der Waals surface area contributed by atoms with Crippen molar-refractivity contribution in [2.75, 3.05) is 37.6 Å². The summed E-state index contributed by atoms with van der Waals surface area (Å²) in [6.45, 7) is 9.37. The molecular weight excluding hydrogens is 378 g/mol. The van der Waals surface area contributed by atoms with Crippen molar-refractivity contribution in [1.29, 1.82) is 0 Å². The summed E-state index contributed by atoms with van der Waals surface area (Å²) in [6, 6.07) is 6.07. The predicted molar refractivity (Wildman–Crippen MR) is 113 cm³/mol. The molecule has 7 atom stereocenters. The van der Waals surface area contributed by atoms with Crippen molar-refractivity contribution >= 4 is 11.8 Å². The van der Waals surface area contributed by atoms with Gasteiger partial charge in [-0.25, -0.2) is 4.98 Å². The quantitative estimate of drug-likeness (QED) is 0.563. The Labute approximate surface area is 178 Å². The zero-order chi connectivity index (χ0) is 20.5. The number of hydrogen-bond donors (Lipinski definition) is 0. The Morgan fingerprint density at radius 1 is 1.23 bits per heavy atom. The number of fused-ring (bicyclic) bond motifs is 2. The maximum atomic E-state index is 12.9. The van der Waals surface area contributed by atoms with Gasteiger partial charge in [0.15, 0.2) is 0 Å². The fourth-order valence-corrected chi connectivity index (χ4v) is 7.42. The molecule has 30 heavy (non-hydrogen) atoms. The topological polar surface area (TPSA) is 58.2 Å². The van der Waals surface area contributed by atoms with Gasteiger partial charge in [0.25, 0.3) is 0 Å². The lowest BCUT2D eigenvalue weighted by Gasteiger charge is -2.49. The first-order valence-electron chi connectivity index (χ1n) is 11.8. The van der Waals surface area contributed by atoms with Crippen LogP contribution >= 0.6 is 0 Å². The SMILES string of the molecule is CC1CCCC2(C)CC3OC(=O)C(CN4CCN(c5ccccn5)CC4)C3C3OC132. The molecule has 6 rings (SSSR count). The van der Waals surface area contributed by atoms with E-state index in [0.717, 1.165) is 45.0 Å². The zero-order valence-electron chi connectivity index (χ0n) is 18.1. The first kappa shape index (κ1) is 19.1. The third kappa shape index (κ3) is 2.62. The number of carbonyl (C=O) groups excluding carboxylic acids is 1. The van der Waals surface area contributed by atoms with Crippen LogP contribution in [0.2, 0.25) is 0 Å². The van der Waals surface area contributed by atoms with E-state index in [2.05, 4.69) is 34.7 Å². The average Bonchev–Trinajstić information content (AvgIpc) is 3.44. The lowest BCUT2D eigenvalue weighted by molar-refractivity contribution is -0.146. The van der Waals surface area contributed by atoms with Crippen molar-refractivity contribution < 1.29 is 14.3 Å². The van der Waals surface area contributed by atoms with E-state index >= 15 is 0 Å². The molecule has 0 radical (unpaired) electrons. The molecule has 2 saturated carbocycles. The fraction of sp³-hybridized carbons (Fsp3) is 0.750. The third-order valence-corrected chi connectivity index (χ3v) is 8.99. The lowest BCUT2D eigenvalue weighted by atomic mass is 9.53. The second kappa shape index (κ2) is 6.67. The lowest BCUT2D eigenvalue weighted by Crippen LogP contribution is -2.55. The smallest absolute Gasteiger partial charge is 0.311 e. The monoisotopic (exact) mass is 411 g/mol. The van der Waals surface area contributed by atoms with E-state index in [4.69, 9.17) is 9.47 Å². The Bertz CT molecular complexity index is 826. The van der Waals surface area contributed by atoms with Crippen LogP contribution in [0.1, 0.15) is 39.5 Å². The molecule has 6 heteroatoms. The normalized spacial score (nSPS) is 45.3.